The lowest BCUT2D eigenvalue weighted by atomic mass is 10.2. The lowest BCUT2D eigenvalue weighted by molar-refractivity contribution is 0.102. The van der Waals surface area contributed by atoms with Gasteiger partial charge < -0.3 is 10.2 Å². The van der Waals surface area contributed by atoms with E-state index in [4.69, 9.17) is 0 Å². The normalized spacial score (nSPS) is 13.8. The van der Waals surface area contributed by atoms with Crippen LogP contribution in [0.15, 0.2) is 54.9 Å². The SMILES string of the molecule is Cc1c(C(=O)Nc2ccc(N3CCCC3)nc2)cnn1-c1ccccc1. The quantitative estimate of drug-likeness (QED) is 0.785. The molecule has 0 bridgehead atoms. The van der Waals surface area contributed by atoms with E-state index >= 15 is 0 Å². The van der Waals surface area contributed by atoms with Crippen molar-refractivity contribution in [2.24, 2.45) is 0 Å². The highest BCUT2D eigenvalue weighted by Gasteiger charge is 2.16. The zero-order chi connectivity index (χ0) is 17.9. The number of amides is 1. The summed E-state index contributed by atoms with van der Waals surface area (Å²) >= 11 is 0. The topological polar surface area (TPSA) is 63.1 Å². The first kappa shape index (κ1) is 16.3. The van der Waals surface area contributed by atoms with Gasteiger partial charge in [0, 0.05) is 13.1 Å². The lowest BCUT2D eigenvalue weighted by Crippen LogP contribution is -2.19. The highest BCUT2D eigenvalue weighted by Crippen LogP contribution is 2.20. The fourth-order valence-corrected chi connectivity index (χ4v) is 3.25. The third-order valence-corrected chi connectivity index (χ3v) is 4.69. The van der Waals surface area contributed by atoms with Gasteiger partial charge in [-0.3, -0.25) is 4.79 Å². The van der Waals surface area contributed by atoms with Crippen LogP contribution in [0.2, 0.25) is 0 Å². The number of nitrogens with one attached hydrogen (secondary N) is 1. The summed E-state index contributed by atoms with van der Waals surface area (Å²) in [6.07, 6.45) is 5.74. The lowest BCUT2D eigenvalue weighted by Gasteiger charge is -2.16. The molecule has 4 rings (SSSR count). The predicted octanol–water partition coefficient (Wildman–Crippen LogP) is 3.43. The highest BCUT2D eigenvalue weighted by molar-refractivity contribution is 6.04. The minimum atomic E-state index is -0.180. The van der Waals surface area contributed by atoms with Crippen molar-refractivity contribution in [1.82, 2.24) is 14.8 Å². The van der Waals surface area contributed by atoms with Gasteiger partial charge in [-0.1, -0.05) is 18.2 Å². The molecule has 1 fully saturated rings. The monoisotopic (exact) mass is 347 g/mol. The Balaban J connectivity index is 1.49. The number of nitrogens with zero attached hydrogens (tertiary/aromatic N) is 4. The third kappa shape index (κ3) is 3.18. The van der Waals surface area contributed by atoms with Crippen molar-refractivity contribution in [1.29, 1.82) is 0 Å². The van der Waals surface area contributed by atoms with Gasteiger partial charge in [0.25, 0.3) is 5.91 Å². The molecule has 0 saturated carbocycles. The molecular formula is C20H21N5O. The zero-order valence-electron chi connectivity index (χ0n) is 14.7. The number of hydrogen-bond acceptors (Lipinski definition) is 4. The van der Waals surface area contributed by atoms with E-state index in [0.717, 1.165) is 30.3 Å². The van der Waals surface area contributed by atoms with Gasteiger partial charge in [-0.05, 0) is 44.0 Å². The third-order valence-electron chi connectivity index (χ3n) is 4.69. The summed E-state index contributed by atoms with van der Waals surface area (Å²) in [7, 11) is 0. The molecule has 132 valence electrons. The van der Waals surface area contributed by atoms with Crippen molar-refractivity contribution in [2.45, 2.75) is 19.8 Å². The average Bonchev–Trinajstić information content (AvgIpc) is 3.33. The van der Waals surface area contributed by atoms with Gasteiger partial charge >= 0.3 is 0 Å². The van der Waals surface area contributed by atoms with Crippen molar-refractivity contribution >= 4 is 17.4 Å². The molecule has 1 saturated heterocycles. The number of aromatic nitrogens is 3. The molecule has 1 aliphatic rings. The maximum Gasteiger partial charge on any atom is 0.259 e. The van der Waals surface area contributed by atoms with Crippen LogP contribution in [-0.4, -0.2) is 33.8 Å². The maximum absolute atomic E-state index is 12.6. The first-order valence-corrected chi connectivity index (χ1v) is 8.85. The summed E-state index contributed by atoms with van der Waals surface area (Å²) in [4.78, 5) is 19.4. The Kier molecular flexibility index (Phi) is 4.39. The minimum absolute atomic E-state index is 0.180. The van der Waals surface area contributed by atoms with Crippen LogP contribution in [0.4, 0.5) is 11.5 Å². The molecule has 1 amide bonds. The fourth-order valence-electron chi connectivity index (χ4n) is 3.25. The van der Waals surface area contributed by atoms with Crippen LogP contribution in [0.3, 0.4) is 0 Å². The van der Waals surface area contributed by atoms with E-state index in [2.05, 4.69) is 20.3 Å². The minimum Gasteiger partial charge on any atom is -0.357 e. The molecule has 1 aliphatic heterocycles. The second-order valence-electron chi connectivity index (χ2n) is 6.44. The predicted molar refractivity (Wildman–Crippen MR) is 102 cm³/mol. The Morgan fingerprint density at radius 2 is 1.81 bits per heavy atom. The molecule has 6 nitrogen and oxygen atoms in total. The first-order chi connectivity index (χ1) is 12.7. The van der Waals surface area contributed by atoms with Crippen LogP contribution >= 0.6 is 0 Å². The number of para-hydroxylation sites is 1. The van der Waals surface area contributed by atoms with E-state index < -0.39 is 0 Å². The molecule has 0 aliphatic carbocycles. The molecule has 26 heavy (non-hydrogen) atoms. The molecule has 3 aromatic rings. The van der Waals surface area contributed by atoms with Gasteiger partial charge in [-0.15, -0.1) is 0 Å². The standard InChI is InChI=1S/C20H21N5O/c1-15-18(14-22-25(15)17-7-3-2-4-8-17)20(26)23-16-9-10-19(21-13-16)24-11-5-6-12-24/h2-4,7-10,13-14H,5-6,11-12H2,1H3,(H,23,26). The van der Waals surface area contributed by atoms with Gasteiger partial charge in [-0.25, -0.2) is 9.67 Å². The molecule has 0 spiro atoms. The van der Waals surface area contributed by atoms with Gasteiger partial charge in [-0.2, -0.15) is 5.10 Å². The second-order valence-corrected chi connectivity index (χ2v) is 6.44. The van der Waals surface area contributed by atoms with Gasteiger partial charge in [0.05, 0.1) is 35.0 Å². The molecular weight excluding hydrogens is 326 g/mol. The molecule has 1 aromatic carbocycles. The van der Waals surface area contributed by atoms with Crippen LogP contribution in [0.25, 0.3) is 5.69 Å². The number of carbonyl (C=O) groups is 1. The Bertz CT molecular complexity index is 896. The summed E-state index contributed by atoms with van der Waals surface area (Å²) in [5, 5.41) is 7.26. The van der Waals surface area contributed by atoms with Crippen molar-refractivity contribution < 1.29 is 4.79 Å². The summed E-state index contributed by atoms with van der Waals surface area (Å²) in [5.41, 5.74) is 2.97. The Morgan fingerprint density at radius 3 is 2.50 bits per heavy atom. The van der Waals surface area contributed by atoms with Crippen LogP contribution < -0.4 is 10.2 Å². The largest absolute Gasteiger partial charge is 0.357 e. The zero-order valence-corrected chi connectivity index (χ0v) is 14.7. The van der Waals surface area contributed by atoms with Crippen molar-refractivity contribution in [3.8, 4) is 5.69 Å². The van der Waals surface area contributed by atoms with Gasteiger partial charge in [0.2, 0.25) is 0 Å². The second kappa shape index (κ2) is 7.00. The average molecular weight is 347 g/mol. The van der Waals surface area contributed by atoms with Crippen molar-refractivity contribution in [2.75, 3.05) is 23.3 Å². The summed E-state index contributed by atoms with van der Waals surface area (Å²) in [6.45, 7) is 4.00. The van der Waals surface area contributed by atoms with Gasteiger partial charge in [0.15, 0.2) is 0 Å². The van der Waals surface area contributed by atoms with E-state index in [-0.39, 0.29) is 5.91 Å². The van der Waals surface area contributed by atoms with Crippen LogP contribution in [0, 0.1) is 6.92 Å². The van der Waals surface area contributed by atoms with Crippen LogP contribution in [0.1, 0.15) is 28.9 Å². The fraction of sp³-hybridized carbons (Fsp3) is 0.250. The molecule has 0 atom stereocenters. The molecule has 1 N–H and O–H groups in total. The number of benzene rings is 1. The smallest absolute Gasteiger partial charge is 0.259 e. The Morgan fingerprint density at radius 1 is 1.04 bits per heavy atom. The number of rotatable bonds is 4. The molecule has 0 radical (unpaired) electrons. The van der Waals surface area contributed by atoms with E-state index in [0.29, 0.717) is 11.3 Å². The van der Waals surface area contributed by atoms with E-state index in [1.165, 1.54) is 12.8 Å². The molecule has 6 heteroatoms. The molecule has 3 heterocycles. The maximum atomic E-state index is 12.6. The summed E-state index contributed by atoms with van der Waals surface area (Å²) in [6, 6.07) is 13.6. The van der Waals surface area contributed by atoms with Gasteiger partial charge in [0.1, 0.15) is 5.82 Å². The number of anilines is 2. The number of pyridine rings is 1. The summed E-state index contributed by atoms with van der Waals surface area (Å²) < 4.78 is 1.77. The molecule has 0 unspecified atom stereocenters. The molecule has 2 aromatic heterocycles. The van der Waals surface area contributed by atoms with E-state index in [9.17, 15) is 4.79 Å². The number of carbonyl (C=O) groups excluding carboxylic acids is 1. The van der Waals surface area contributed by atoms with Crippen LogP contribution in [-0.2, 0) is 0 Å². The first-order valence-electron chi connectivity index (χ1n) is 8.85. The van der Waals surface area contributed by atoms with E-state index in [1.807, 2.05) is 49.4 Å². The van der Waals surface area contributed by atoms with E-state index in [1.54, 1.807) is 17.1 Å². The Hall–Kier alpha value is -3.15. The number of hydrogen-bond donors (Lipinski definition) is 1. The van der Waals surface area contributed by atoms with Crippen LogP contribution in [0.5, 0.6) is 0 Å². The highest BCUT2D eigenvalue weighted by atomic mass is 16.1. The van der Waals surface area contributed by atoms with Crippen molar-refractivity contribution in [3.05, 3.63) is 66.1 Å². The summed E-state index contributed by atoms with van der Waals surface area (Å²) in [5.74, 6) is 0.786. The van der Waals surface area contributed by atoms with Crippen molar-refractivity contribution in [3.63, 3.8) is 0 Å². The Labute approximate surface area is 152 Å².